The molecule has 3 atom stereocenters. The number of benzene rings is 1. The number of rotatable bonds is 15. The molecule has 5 aliphatic rings. The second-order valence-corrected chi connectivity index (χ2v) is 16.9. The van der Waals surface area contributed by atoms with Crippen molar-refractivity contribution >= 4 is 52.4 Å². The lowest BCUT2D eigenvalue weighted by Crippen LogP contribution is -2.47. The van der Waals surface area contributed by atoms with Crippen LogP contribution in [0.25, 0.3) is 11.3 Å². The summed E-state index contributed by atoms with van der Waals surface area (Å²) in [4.78, 5) is 85.6. The molecule has 19 nitrogen and oxygen atoms in total. The van der Waals surface area contributed by atoms with Gasteiger partial charge in [-0.3, -0.25) is 33.8 Å². The summed E-state index contributed by atoms with van der Waals surface area (Å²) in [5.74, 6) is -0.949. The van der Waals surface area contributed by atoms with E-state index in [1.54, 1.807) is 18.3 Å². The number of hydrogen-bond donors (Lipinski definition) is 1. The van der Waals surface area contributed by atoms with Crippen LogP contribution in [0.4, 0.5) is 26.2 Å². The molecule has 0 spiro atoms. The highest BCUT2D eigenvalue weighted by Gasteiger charge is 2.45. The van der Waals surface area contributed by atoms with Crippen LogP contribution < -0.4 is 15.1 Å². The van der Waals surface area contributed by atoms with E-state index in [2.05, 4.69) is 40.2 Å². The number of morpholine rings is 1. The maximum Gasteiger partial charge on any atom is 0.284 e. The molecule has 4 aromatic heterocycles. The van der Waals surface area contributed by atoms with Crippen LogP contribution in [0.5, 0.6) is 0 Å². The number of amides is 3. The van der Waals surface area contributed by atoms with Crippen LogP contribution in [-0.2, 0) is 25.5 Å². The van der Waals surface area contributed by atoms with Gasteiger partial charge in [0.05, 0.1) is 72.8 Å². The standard InChI is InChI=1S/C44H46F2N12O7/c45-39(46)38-33(50-41(61)32-22-49-56-11-9-36(51-40(32)56)55-23-30-18-27(55)25-65-30)24-57(52-38)28-20-47-44(48-21-28)54-14-12-53(13-15-54)10-3-17-64-16-2-5-26-4-1-6-31-37(26)43(63)58(42(31)62)34-8-7-29(59)19-35(34)60/h1,4,6,9,11,20-22,24,27,30,34,39H,2-3,5,7-8,10,12-19,23,25H2,(H,50,61)/t27-,30-,34?/m1/s1. The molecule has 3 saturated heterocycles. The number of piperazine rings is 1. The van der Waals surface area contributed by atoms with Crippen molar-refractivity contribution in [2.45, 2.75) is 69.6 Å². The molecule has 1 N–H and O–H groups in total. The molecule has 10 rings (SSSR count). The molecule has 338 valence electrons. The van der Waals surface area contributed by atoms with E-state index in [4.69, 9.17) is 14.5 Å². The molecule has 8 heterocycles. The average molecular weight is 893 g/mol. The molecule has 4 fully saturated rings. The van der Waals surface area contributed by atoms with Crippen molar-refractivity contribution in [3.05, 3.63) is 83.2 Å². The monoisotopic (exact) mass is 892 g/mol. The number of carbonyl (C=O) groups excluding carboxylic acids is 5. The lowest BCUT2D eigenvalue weighted by Gasteiger charge is -2.34. The fourth-order valence-electron chi connectivity index (χ4n) is 9.45. The summed E-state index contributed by atoms with van der Waals surface area (Å²) >= 11 is 0. The predicted molar refractivity (Wildman–Crippen MR) is 228 cm³/mol. The second kappa shape index (κ2) is 17.8. The Kier molecular flexibility index (Phi) is 11.6. The number of anilines is 3. The zero-order valence-corrected chi connectivity index (χ0v) is 35.4. The highest BCUT2D eigenvalue weighted by molar-refractivity contribution is 6.24. The Hall–Kier alpha value is -6.58. The van der Waals surface area contributed by atoms with E-state index < -0.39 is 35.9 Å². The number of halogens is 2. The van der Waals surface area contributed by atoms with E-state index in [9.17, 15) is 32.8 Å². The van der Waals surface area contributed by atoms with E-state index in [1.165, 1.54) is 34.0 Å². The fraction of sp³-hybridized carbons (Fsp3) is 0.455. The summed E-state index contributed by atoms with van der Waals surface area (Å²) in [5.41, 5.74) is 1.40. The fourth-order valence-corrected chi connectivity index (χ4v) is 9.45. The number of aryl methyl sites for hydroxylation is 1. The first kappa shape index (κ1) is 42.4. The van der Waals surface area contributed by atoms with Gasteiger partial charge in [0.1, 0.15) is 22.9 Å². The van der Waals surface area contributed by atoms with E-state index in [0.29, 0.717) is 86.5 Å². The minimum Gasteiger partial charge on any atom is -0.381 e. The number of nitrogens with one attached hydrogen (secondary N) is 1. The van der Waals surface area contributed by atoms with Gasteiger partial charge < -0.3 is 24.6 Å². The number of fused-ring (bicyclic) bond motifs is 4. The maximum atomic E-state index is 14.2. The van der Waals surface area contributed by atoms with Crippen molar-refractivity contribution in [3.8, 4) is 5.69 Å². The molecule has 4 aliphatic heterocycles. The van der Waals surface area contributed by atoms with E-state index in [1.807, 2.05) is 12.1 Å². The maximum absolute atomic E-state index is 14.2. The Morgan fingerprint density at radius 2 is 1.80 bits per heavy atom. The van der Waals surface area contributed by atoms with Crippen LogP contribution in [-0.4, -0.2) is 151 Å². The van der Waals surface area contributed by atoms with Crippen molar-refractivity contribution in [1.29, 1.82) is 0 Å². The normalized spacial score (nSPS) is 21.2. The molecule has 1 aliphatic carbocycles. The highest BCUT2D eigenvalue weighted by Crippen LogP contribution is 2.34. The number of ether oxygens (including phenoxy) is 2. The quantitative estimate of drug-likeness (QED) is 0.0911. The Bertz CT molecular complexity index is 2670. The zero-order valence-electron chi connectivity index (χ0n) is 35.4. The average Bonchev–Trinajstić information content (AvgIpc) is 4.16. The van der Waals surface area contributed by atoms with Gasteiger partial charge in [0, 0.05) is 65.1 Å². The number of aromatic nitrogens is 7. The van der Waals surface area contributed by atoms with Crippen molar-refractivity contribution in [3.63, 3.8) is 0 Å². The molecule has 5 aromatic rings. The Morgan fingerprint density at radius 3 is 2.55 bits per heavy atom. The van der Waals surface area contributed by atoms with Gasteiger partial charge in [-0.1, -0.05) is 12.1 Å². The molecule has 1 unspecified atom stereocenters. The van der Waals surface area contributed by atoms with Gasteiger partial charge in [-0.2, -0.15) is 10.2 Å². The minimum atomic E-state index is -2.97. The van der Waals surface area contributed by atoms with Gasteiger partial charge in [-0.05, 0) is 49.8 Å². The lowest BCUT2D eigenvalue weighted by atomic mass is 9.92. The van der Waals surface area contributed by atoms with E-state index in [-0.39, 0.29) is 54.2 Å². The summed E-state index contributed by atoms with van der Waals surface area (Å²) < 4.78 is 42.8. The van der Waals surface area contributed by atoms with Gasteiger partial charge >= 0.3 is 0 Å². The van der Waals surface area contributed by atoms with Crippen molar-refractivity contribution in [2.24, 2.45) is 0 Å². The molecule has 1 aromatic carbocycles. The molecule has 65 heavy (non-hydrogen) atoms. The van der Waals surface area contributed by atoms with Gasteiger partial charge in [0.2, 0.25) is 5.95 Å². The smallest absolute Gasteiger partial charge is 0.284 e. The third kappa shape index (κ3) is 8.34. The van der Waals surface area contributed by atoms with Crippen molar-refractivity contribution < 1.29 is 42.2 Å². The molecular formula is C44H46F2N12O7. The molecule has 3 amide bonds. The van der Waals surface area contributed by atoms with Crippen LogP contribution in [0, 0.1) is 0 Å². The predicted octanol–water partition coefficient (Wildman–Crippen LogP) is 3.32. The zero-order chi connectivity index (χ0) is 44.8. The number of nitrogens with zero attached hydrogens (tertiary/aromatic N) is 11. The summed E-state index contributed by atoms with van der Waals surface area (Å²) in [6.45, 7) is 6.16. The van der Waals surface area contributed by atoms with E-state index >= 15 is 0 Å². The van der Waals surface area contributed by atoms with Crippen LogP contribution in [0.1, 0.15) is 87.3 Å². The number of alkyl halides is 2. The summed E-state index contributed by atoms with van der Waals surface area (Å²) in [6, 6.07) is 6.34. The first-order valence-corrected chi connectivity index (χ1v) is 21.9. The molecule has 21 heteroatoms. The molecule has 1 saturated carbocycles. The number of carbonyl (C=O) groups is 5. The third-order valence-corrected chi connectivity index (χ3v) is 12.8. The minimum absolute atomic E-state index is 0.131. The van der Waals surface area contributed by atoms with Crippen molar-refractivity contribution in [1.82, 2.24) is 44.1 Å². The number of hydrogen-bond acceptors (Lipinski definition) is 15. The second-order valence-electron chi connectivity index (χ2n) is 16.9. The number of Topliss-reactive ketones (excluding diaryl/α,β-unsaturated/α-hetero) is 2. The first-order valence-electron chi connectivity index (χ1n) is 21.9. The Labute approximate surface area is 370 Å². The van der Waals surface area contributed by atoms with Crippen LogP contribution in [0.2, 0.25) is 0 Å². The summed E-state index contributed by atoms with van der Waals surface area (Å²) in [5, 5.41) is 10.9. The van der Waals surface area contributed by atoms with Gasteiger partial charge in [0.25, 0.3) is 24.1 Å². The molecular weight excluding hydrogens is 847 g/mol. The van der Waals surface area contributed by atoms with E-state index in [0.717, 1.165) is 42.9 Å². The number of imide groups is 1. The van der Waals surface area contributed by atoms with Crippen LogP contribution in [0.15, 0.2) is 55.2 Å². The summed E-state index contributed by atoms with van der Waals surface area (Å²) in [7, 11) is 0. The SMILES string of the molecule is O=C1CCC(N2C(=O)c3cccc(CCCOCCCN4CCN(c5ncc(-n6cc(NC(=O)c7cnn8ccc(N9C[C@H]%10C[C@@H]9CO%10)nc78)c(C(F)F)n6)cn5)CC4)c3C2=O)C(=O)C1. The third-order valence-electron chi connectivity index (χ3n) is 12.8. The van der Waals surface area contributed by atoms with Gasteiger partial charge in [-0.25, -0.2) is 32.9 Å². The van der Waals surface area contributed by atoms with Gasteiger partial charge in [-0.15, -0.1) is 0 Å². The Balaban J connectivity index is 0.673. The van der Waals surface area contributed by atoms with Crippen LogP contribution in [0.3, 0.4) is 0 Å². The highest BCUT2D eigenvalue weighted by atomic mass is 19.3. The number of ketones is 2. The van der Waals surface area contributed by atoms with Gasteiger partial charge in [0.15, 0.2) is 17.1 Å². The van der Waals surface area contributed by atoms with Crippen molar-refractivity contribution in [2.75, 3.05) is 74.2 Å². The largest absolute Gasteiger partial charge is 0.381 e. The topological polar surface area (TPSA) is 203 Å². The molecule has 0 radical (unpaired) electrons. The molecule has 2 bridgehead atoms. The Morgan fingerprint density at radius 1 is 0.985 bits per heavy atom. The van der Waals surface area contributed by atoms with Crippen LogP contribution >= 0.6 is 0 Å². The first-order chi connectivity index (χ1) is 31.6. The lowest BCUT2D eigenvalue weighted by molar-refractivity contribution is -0.132. The summed E-state index contributed by atoms with van der Waals surface area (Å²) in [6.07, 6.45) is 7.63.